The molecule has 3 rings (SSSR count). The highest BCUT2D eigenvalue weighted by atomic mass is 35.5. The fourth-order valence-corrected chi connectivity index (χ4v) is 4.12. The lowest BCUT2D eigenvalue weighted by atomic mass is 10.1. The summed E-state index contributed by atoms with van der Waals surface area (Å²) in [5.41, 5.74) is 0. The van der Waals surface area contributed by atoms with Crippen molar-refractivity contribution in [1.29, 1.82) is 0 Å². The Labute approximate surface area is 158 Å². The molecule has 2 heterocycles. The summed E-state index contributed by atoms with van der Waals surface area (Å²) in [5.74, 6) is 2.70. The van der Waals surface area contributed by atoms with Gasteiger partial charge in [-0.1, -0.05) is 29.8 Å². The van der Waals surface area contributed by atoms with Crippen molar-refractivity contribution in [3.8, 4) is 5.75 Å². The molecule has 7 heteroatoms. The molecule has 0 radical (unpaired) electrons. The van der Waals surface area contributed by atoms with Crippen molar-refractivity contribution in [2.45, 2.75) is 44.5 Å². The minimum Gasteiger partial charge on any atom is -0.486 e. The number of thioether (sulfide) groups is 1. The number of halogens is 1. The molecule has 0 atom stereocenters. The maximum Gasteiger partial charge on any atom is 0.191 e. The molecule has 25 heavy (non-hydrogen) atoms. The molecule has 5 nitrogen and oxygen atoms in total. The third-order valence-corrected chi connectivity index (χ3v) is 5.58. The first-order chi connectivity index (χ1) is 12.3. The third kappa shape index (κ3) is 5.36. The lowest BCUT2D eigenvalue weighted by Crippen LogP contribution is -2.31. The van der Waals surface area contributed by atoms with Gasteiger partial charge in [0.1, 0.15) is 12.4 Å². The monoisotopic (exact) mass is 380 g/mol. The number of benzene rings is 1. The van der Waals surface area contributed by atoms with E-state index in [1.807, 2.05) is 24.3 Å². The van der Waals surface area contributed by atoms with Crippen LogP contribution < -0.4 is 4.74 Å². The van der Waals surface area contributed by atoms with E-state index in [1.165, 1.54) is 32.4 Å². The molecule has 0 N–H and O–H groups in total. The van der Waals surface area contributed by atoms with Gasteiger partial charge in [-0.3, -0.25) is 0 Å². The van der Waals surface area contributed by atoms with E-state index in [2.05, 4.69) is 26.6 Å². The highest BCUT2D eigenvalue weighted by Crippen LogP contribution is 2.20. The number of nitrogens with zero attached hydrogens (tertiary/aromatic N) is 4. The van der Waals surface area contributed by atoms with E-state index in [9.17, 15) is 0 Å². The summed E-state index contributed by atoms with van der Waals surface area (Å²) >= 11 is 7.68. The average molecular weight is 381 g/mol. The van der Waals surface area contributed by atoms with Crippen LogP contribution in [0.15, 0.2) is 29.4 Å². The van der Waals surface area contributed by atoms with E-state index in [0.29, 0.717) is 11.6 Å². The van der Waals surface area contributed by atoms with Gasteiger partial charge in [-0.2, -0.15) is 0 Å². The standard InChI is InChI=1S/C18H25ClN4OS/c1-2-23-17(14-24-16-8-6-15(19)7-9-16)20-21-18(23)25-13-12-22-10-4-3-5-11-22/h6-9H,2-5,10-14H2,1H3. The van der Waals surface area contributed by atoms with Gasteiger partial charge in [0.15, 0.2) is 11.0 Å². The molecular weight excluding hydrogens is 356 g/mol. The predicted molar refractivity (Wildman–Crippen MR) is 102 cm³/mol. The normalized spacial score (nSPS) is 15.4. The number of piperidine rings is 1. The fraction of sp³-hybridized carbons (Fsp3) is 0.556. The highest BCUT2D eigenvalue weighted by Gasteiger charge is 2.14. The van der Waals surface area contributed by atoms with Crippen LogP contribution in [-0.4, -0.2) is 45.1 Å². The first kappa shape index (κ1) is 18.5. The second kappa shape index (κ2) is 9.46. The summed E-state index contributed by atoms with van der Waals surface area (Å²) in [6.07, 6.45) is 4.05. The van der Waals surface area contributed by atoms with Gasteiger partial charge in [-0.15, -0.1) is 10.2 Å². The van der Waals surface area contributed by atoms with E-state index < -0.39 is 0 Å². The number of hydrogen-bond acceptors (Lipinski definition) is 5. The first-order valence-corrected chi connectivity index (χ1v) is 10.3. The van der Waals surface area contributed by atoms with Crippen LogP contribution in [-0.2, 0) is 13.2 Å². The van der Waals surface area contributed by atoms with Crippen molar-refractivity contribution in [2.24, 2.45) is 0 Å². The molecule has 0 saturated carbocycles. The lowest BCUT2D eigenvalue weighted by molar-refractivity contribution is 0.242. The molecule has 1 aromatic carbocycles. The molecule has 0 spiro atoms. The third-order valence-electron chi connectivity index (χ3n) is 4.38. The van der Waals surface area contributed by atoms with Crippen LogP contribution in [0.5, 0.6) is 5.75 Å². The molecule has 136 valence electrons. The molecular formula is C18H25ClN4OS. The Morgan fingerprint density at radius 3 is 2.60 bits per heavy atom. The first-order valence-electron chi connectivity index (χ1n) is 8.92. The summed E-state index contributed by atoms with van der Waals surface area (Å²) in [6.45, 7) is 6.97. The Bertz CT molecular complexity index is 656. The van der Waals surface area contributed by atoms with Crippen molar-refractivity contribution < 1.29 is 4.74 Å². The number of hydrogen-bond donors (Lipinski definition) is 0. The van der Waals surface area contributed by atoms with Crippen LogP contribution in [0, 0.1) is 0 Å². The van der Waals surface area contributed by atoms with Crippen molar-refractivity contribution in [3.05, 3.63) is 35.1 Å². The summed E-state index contributed by atoms with van der Waals surface area (Å²) in [5, 5.41) is 10.4. The van der Waals surface area contributed by atoms with E-state index in [1.54, 1.807) is 11.8 Å². The molecule has 1 aliphatic heterocycles. The summed E-state index contributed by atoms with van der Waals surface area (Å²) in [6, 6.07) is 7.37. The van der Waals surface area contributed by atoms with Crippen molar-refractivity contribution in [3.63, 3.8) is 0 Å². The predicted octanol–water partition coefficient (Wildman–Crippen LogP) is 4.11. The van der Waals surface area contributed by atoms with Gasteiger partial charge >= 0.3 is 0 Å². The van der Waals surface area contributed by atoms with Gasteiger partial charge in [-0.05, 0) is 57.1 Å². The number of rotatable bonds is 8. The molecule has 1 saturated heterocycles. The van der Waals surface area contributed by atoms with Crippen LogP contribution in [0.2, 0.25) is 5.02 Å². The molecule has 1 aromatic heterocycles. The average Bonchev–Trinajstić information content (AvgIpc) is 3.04. The molecule has 0 amide bonds. The summed E-state index contributed by atoms with van der Waals surface area (Å²) in [4.78, 5) is 2.55. The van der Waals surface area contributed by atoms with Crippen LogP contribution in [0.3, 0.4) is 0 Å². The van der Waals surface area contributed by atoms with Gasteiger partial charge in [0.2, 0.25) is 0 Å². The zero-order chi connectivity index (χ0) is 17.5. The summed E-state index contributed by atoms with van der Waals surface area (Å²) in [7, 11) is 0. The Kier molecular flexibility index (Phi) is 7.02. The van der Waals surface area contributed by atoms with Gasteiger partial charge in [0, 0.05) is 23.9 Å². The van der Waals surface area contributed by atoms with Gasteiger partial charge in [-0.25, -0.2) is 0 Å². The van der Waals surface area contributed by atoms with Crippen molar-refractivity contribution >= 4 is 23.4 Å². The smallest absolute Gasteiger partial charge is 0.191 e. The van der Waals surface area contributed by atoms with Crippen molar-refractivity contribution in [2.75, 3.05) is 25.4 Å². The highest BCUT2D eigenvalue weighted by molar-refractivity contribution is 7.99. The van der Waals surface area contributed by atoms with Gasteiger partial charge in [0.05, 0.1) is 0 Å². The van der Waals surface area contributed by atoms with E-state index in [0.717, 1.165) is 35.6 Å². The van der Waals surface area contributed by atoms with E-state index in [4.69, 9.17) is 16.3 Å². The number of aromatic nitrogens is 3. The van der Waals surface area contributed by atoms with Crippen LogP contribution in [0.4, 0.5) is 0 Å². The van der Waals surface area contributed by atoms with E-state index >= 15 is 0 Å². The van der Waals surface area contributed by atoms with Crippen LogP contribution in [0.1, 0.15) is 32.0 Å². The SMILES string of the molecule is CCn1c(COc2ccc(Cl)cc2)nnc1SCCN1CCCCC1. The fourth-order valence-electron chi connectivity index (χ4n) is 2.98. The number of ether oxygens (including phenoxy) is 1. The Hall–Kier alpha value is -1.24. The minimum atomic E-state index is 0.412. The van der Waals surface area contributed by atoms with Gasteiger partial charge in [0.25, 0.3) is 0 Å². The molecule has 0 unspecified atom stereocenters. The summed E-state index contributed by atoms with van der Waals surface area (Å²) < 4.78 is 7.94. The molecule has 1 fully saturated rings. The molecule has 2 aromatic rings. The Morgan fingerprint density at radius 2 is 1.88 bits per heavy atom. The maximum atomic E-state index is 5.90. The second-order valence-electron chi connectivity index (χ2n) is 6.14. The quantitative estimate of drug-likeness (QED) is 0.645. The topological polar surface area (TPSA) is 43.2 Å². The lowest BCUT2D eigenvalue weighted by Gasteiger charge is -2.25. The van der Waals surface area contributed by atoms with E-state index in [-0.39, 0.29) is 0 Å². The van der Waals surface area contributed by atoms with Crippen molar-refractivity contribution in [1.82, 2.24) is 19.7 Å². The minimum absolute atomic E-state index is 0.412. The zero-order valence-corrected chi connectivity index (χ0v) is 16.2. The second-order valence-corrected chi connectivity index (χ2v) is 7.63. The zero-order valence-electron chi connectivity index (χ0n) is 14.7. The largest absolute Gasteiger partial charge is 0.486 e. The molecule has 0 aliphatic carbocycles. The van der Waals surface area contributed by atoms with Crippen LogP contribution >= 0.6 is 23.4 Å². The Morgan fingerprint density at radius 1 is 1.12 bits per heavy atom. The number of likely N-dealkylation sites (tertiary alicyclic amines) is 1. The van der Waals surface area contributed by atoms with Crippen LogP contribution in [0.25, 0.3) is 0 Å². The molecule has 1 aliphatic rings. The molecule has 0 bridgehead atoms. The van der Waals surface area contributed by atoms with Gasteiger partial charge < -0.3 is 14.2 Å². The maximum absolute atomic E-state index is 5.90. The Balaban J connectivity index is 1.52.